The third-order valence-corrected chi connectivity index (χ3v) is 3.88. The zero-order valence-corrected chi connectivity index (χ0v) is 11.7. The van der Waals surface area contributed by atoms with Crippen LogP contribution in [0.5, 0.6) is 0 Å². The average molecular weight is 310 g/mol. The first kappa shape index (κ1) is 13.1. The minimum atomic E-state index is -0.448. The lowest BCUT2D eigenvalue weighted by Gasteiger charge is -2.07. The summed E-state index contributed by atoms with van der Waals surface area (Å²) in [4.78, 5) is 18.8. The second kappa shape index (κ2) is 5.22. The number of hydrogen-bond donors (Lipinski definition) is 2. The maximum absolute atomic E-state index is 13.6. The highest BCUT2D eigenvalue weighted by Gasteiger charge is 2.06. The number of hydrogen-bond acceptors (Lipinski definition) is 4. The summed E-state index contributed by atoms with van der Waals surface area (Å²) in [6.07, 6.45) is 0. The average Bonchev–Trinajstić information content (AvgIpc) is 2.86. The second-order valence-corrected chi connectivity index (χ2v) is 5.48. The molecule has 4 nitrogen and oxygen atoms in total. The minimum absolute atomic E-state index is 0.182. The Balaban J connectivity index is 1.84. The van der Waals surface area contributed by atoms with E-state index in [0.29, 0.717) is 26.8 Å². The van der Waals surface area contributed by atoms with E-state index >= 15 is 0 Å². The minimum Gasteiger partial charge on any atom is -0.375 e. The molecule has 0 amide bonds. The molecule has 7 heteroatoms. The van der Waals surface area contributed by atoms with Crippen molar-refractivity contribution in [3.05, 3.63) is 56.7 Å². The van der Waals surface area contributed by atoms with Gasteiger partial charge in [0.25, 0.3) is 5.56 Å². The Morgan fingerprint density at radius 3 is 3.05 bits per heavy atom. The van der Waals surface area contributed by atoms with Crippen LogP contribution in [0, 0.1) is 5.82 Å². The number of fused-ring (bicyclic) bond motifs is 1. The van der Waals surface area contributed by atoms with Crippen LogP contribution in [-0.4, -0.2) is 9.97 Å². The second-order valence-electron chi connectivity index (χ2n) is 4.13. The predicted molar refractivity (Wildman–Crippen MR) is 79.0 cm³/mol. The summed E-state index contributed by atoms with van der Waals surface area (Å²) >= 11 is 7.02. The first-order valence-corrected chi connectivity index (χ1v) is 7.04. The molecule has 20 heavy (non-hydrogen) atoms. The van der Waals surface area contributed by atoms with Gasteiger partial charge in [0.15, 0.2) is 0 Å². The van der Waals surface area contributed by atoms with E-state index in [2.05, 4.69) is 15.3 Å². The third kappa shape index (κ3) is 2.52. The fraction of sp³-hybridized carbons (Fsp3) is 0.0769. The number of aromatic nitrogens is 2. The van der Waals surface area contributed by atoms with Gasteiger partial charge in [-0.25, -0.2) is 9.37 Å². The number of anilines is 1. The first-order chi connectivity index (χ1) is 9.63. The van der Waals surface area contributed by atoms with Crippen molar-refractivity contribution in [1.29, 1.82) is 0 Å². The van der Waals surface area contributed by atoms with Gasteiger partial charge in [0, 0.05) is 5.02 Å². The number of H-pyrrole nitrogens is 1. The van der Waals surface area contributed by atoms with Crippen LogP contribution in [0.1, 0.15) is 5.82 Å². The zero-order valence-electron chi connectivity index (χ0n) is 10.1. The van der Waals surface area contributed by atoms with Crippen molar-refractivity contribution >= 4 is 38.8 Å². The topological polar surface area (TPSA) is 57.8 Å². The van der Waals surface area contributed by atoms with Crippen molar-refractivity contribution in [1.82, 2.24) is 9.97 Å². The van der Waals surface area contributed by atoms with E-state index in [0.717, 1.165) is 0 Å². The molecular weight excluding hydrogens is 301 g/mol. The van der Waals surface area contributed by atoms with Crippen LogP contribution >= 0.6 is 22.9 Å². The maximum atomic E-state index is 13.6. The van der Waals surface area contributed by atoms with Crippen LogP contribution < -0.4 is 10.9 Å². The summed E-state index contributed by atoms with van der Waals surface area (Å²) in [7, 11) is 0. The molecule has 3 rings (SSSR count). The number of nitrogens with one attached hydrogen (secondary N) is 2. The largest absolute Gasteiger partial charge is 0.375 e. The van der Waals surface area contributed by atoms with Gasteiger partial charge in [0.05, 0.1) is 17.7 Å². The molecule has 0 radical (unpaired) electrons. The highest BCUT2D eigenvalue weighted by atomic mass is 35.5. The molecule has 0 atom stereocenters. The normalized spacial score (nSPS) is 10.9. The van der Waals surface area contributed by atoms with Gasteiger partial charge in [-0.05, 0) is 29.6 Å². The molecular formula is C13H9ClFN3OS. The van der Waals surface area contributed by atoms with E-state index in [-0.39, 0.29) is 12.1 Å². The van der Waals surface area contributed by atoms with Gasteiger partial charge in [-0.1, -0.05) is 11.6 Å². The summed E-state index contributed by atoms with van der Waals surface area (Å²) in [5.41, 5.74) is 0.771. The van der Waals surface area contributed by atoms with Gasteiger partial charge in [-0.2, -0.15) is 0 Å². The Kier molecular flexibility index (Phi) is 3.42. The molecule has 1 aromatic carbocycles. The molecule has 0 saturated carbocycles. The molecule has 0 aliphatic rings. The number of rotatable bonds is 3. The summed E-state index contributed by atoms with van der Waals surface area (Å²) in [5.74, 6) is 0.00621. The SMILES string of the molecule is O=c1[nH]c(CNc2ccc(Cl)cc2F)nc2ccsc12. The number of benzene rings is 1. The molecule has 3 aromatic rings. The van der Waals surface area contributed by atoms with E-state index in [1.165, 1.54) is 17.4 Å². The molecule has 0 spiro atoms. The van der Waals surface area contributed by atoms with E-state index in [1.54, 1.807) is 18.2 Å². The number of halogens is 2. The molecule has 0 saturated heterocycles. The Morgan fingerprint density at radius 2 is 2.25 bits per heavy atom. The predicted octanol–water partition coefficient (Wildman–Crippen LogP) is 3.39. The molecule has 0 aliphatic heterocycles. The third-order valence-electron chi connectivity index (χ3n) is 2.74. The standard InChI is InChI=1S/C13H9ClFN3OS/c14-7-1-2-9(8(15)5-7)16-6-11-17-10-3-4-20-12(10)13(19)18-11/h1-5,16H,6H2,(H,17,18,19). The van der Waals surface area contributed by atoms with Gasteiger partial charge in [0.1, 0.15) is 16.3 Å². The first-order valence-electron chi connectivity index (χ1n) is 5.79. The van der Waals surface area contributed by atoms with Crippen molar-refractivity contribution in [3.8, 4) is 0 Å². The lowest BCUT2D eigenvalue weighted by Crippen LogP contribution is -2.13. The van der Waals surface area contributed by atoms with E-state index in [1.807, 2.05) is 5.38 Å². The molecule has 0 unspecified atom stereocenters. The van der Waals surface area contributed by atoms with E-state index in [9.17, 15) is 9.18 Å². The van der Waals surface area contributed by atoms with Crippen LogP contribution in [0.4, 0.5) is 10.1 Å². The quantitative estimate of drug-likeness (QED) is 0.779. The molecule has 0 fully saturated rings. The van der Waals surface area contributed by atoms with Crippen LogP contribution in [0.25, 0.3) is 10.2 Å². The van der Waals surface area contributed by atoms with Crippen LogP contribution in [0.15, 0.2) is 34.4 Å². The number of aromatic amines is 1. The van der Waals surface area contributed by atoms with Gasteiger partial charge < -0.3 is 10.3 Å². The van der Waals surface area contributed by atoms with Gasteiger partial charge in [0.2, 0.25) is 0 Å². The summed E-state index contributed by atoms with van der Waals surface area (Å²) < 4.78 is 14.2. The lowest BCUT2D eigenvalue weighted by atomic mass is 10.3. The Morgan fingerprint density at radius 1 is 1.40 bits per heavy atom. The number of thiophene rings is 1. The summed E-state index contributed by atoms with van der Waals surface area (Å²) in [5, 5.41) is 5.02. The highest BCUT2D eigenvalue weighted by Crippen LogP contribution is 2.19. The monoisotopic (exact) mass is 309 g/mol. The Hall–Kier alpha value is -1.92. The van der Waals surface area contributed by atoms with Crippen molar-refractivity contribution < 1.29 is 4.39 Å². The van der Waals surface area contributed by atoms with Crippen molar-refractivity contribution in [2.75, 3.05) is 5.32 Å². The highest BCUT2D eigenvalue weighted by molar-refractivity contribution is 7.17. The van der Waals surface area contributed by atoms with Crippen LogP contribution in [0.3, 0.4) is 0 Å². The fourth-order valence-electron chi connectivity index (χ4n) is 1.82. The van der Waals surface area contributed by atoms with Crippen molar-refractivity contribution in [2.24, 2.45) is 0 Å². The Bertz CT molecular complexity index is 830. The molecule has 2 heterocycles. The van der Waals surface area contributed by atoms with Gasteiger partial charge >= 0.3 is 0 Å². The molecule has 2 N–H and O–H groups in total. The molecule has 0 aliphatic carbocycles. The molecule has 0 bridgehead atoms. The summed E-state index contributed by atoms with van der Waals surface area (Å²) in [6, 6.07) is 6.13. The summed E-state index contributed by atoms with van der Waals surface area (Å²) in [6.45, 7) is 0.222. The number of nitrogens with zero attached hydrogens (tertiary/aromatic N) is 1. The maximum Gasteiger partial charge on any atom is 0.268 e. The van der Waals surface area contributed by atoms with Crippen LogP contribution in [-0.2, 0) is 6.54 Å². The zero-order chi connectivity index (χ0) is 14.1. The Labute approximate surface area is 122 Å². The van der Waals surface area contributed by atoms with Gasteiger partial charge in [-0.3, -0.25) is 4.79 Å². The van der Waals surface area contributed by atoms with Crippen LogP contribution in [0.2, 0.25) is 5.02 Å². The molecule has 102 valence electrons. The van der Waals surface area contributed by atoms with Crippen molar-refractivity contribution in [3.63, 3.8) is 0 Å². The lowest BCUT2D eigenvalue weighted by molar-refractivity contribution is 0.630. The smallest absolute Gasteiger partial charge is 0.268 e. The van der Waals surface area contributed by atoms with Crippen molar-refractivity contribution in [2.45, 2.75) is 6.54 Å². The van der Waals surface area contributed by atoms with Gasteiger partial charge in [-0.15, -0.1) is 11.3 Å². The fourth-order valence-corrected chi connectivity index (χ4v) is 2.70. The van der Waals surface area contributed by atoms with E-state index in [4.69, 9.17) is 11.6 Å². The van der Waals surface area contributed by atoms with E-state index < -0.39 is 5.82 Å². The molecule has 2 aromatic heterocycles.